The minimum atomic E-state index is -0.787. The van der Waals surface area contributed by atoms with Crippen LogP contribution in [0.3, 0.4) is 0 Å². The van der Waals surface area contributed by atoms with E-state index in [1.54, 1.807) is 32.0 Å². The van der Waals surface area contributed by atoms with Gasteiger partial charge < -0.3 is 14.4 Å². The molecule has 0 saturated heterocycles. The summed E-state index contributed by atoms with van der Waals surface area (Å²) in [5.74, 6) is -1.86. The van der Waals surface area contributed by atoms with Crippen molar-refractivity contribution in [3.8, 4) is 22.8 Å². The van der Waals surface area contributed by atoms with Crippen LogP contribution in [0, 0.1) is 25.5 Å². The van der Waals surface area contributed by atoms with Crippen molar-refractivity contribution in [2.75, 3.05) is 5.32 Å². The first kappa shape index (κ1) is 22.5. The van der Waals surface area contributed by atoms with Gasteiger partial charge >= 0.3 is 0 Å². The number of hydrogen-bond donors (Lipinski definition) is 1. The summed E-state index contributed by atoms with van der Waals surface area (Å²) >= 11 is 3.36. The molecule has 2 heterocycles. The predicted molar refractivity (Wildman–Crippen MR) is 122 cm³/mol. The Hall–Kier alpha value is -3.66. The van der Waals surface area contributed by atoms with Gasteiger partial charge in [0.1, 0.15) is 23.7 Å². The molecular weight excluding hydrogens is 498 g/mol. The molecule has 0 fully saturated rings. The van der Waals surface area contributed by atoms with Crippen LogP contribution in [0.2, 0.25) is 0 Å². The third-order valence-electron chi connectivity index (χ3n) is 4.95. The number of nitrogens with one attached hydrogen (secondary N) is 1. The van der Waals surface area contributed by atoms with E-state index in [0.29, 0.717) is 22.6 Å². The van der Waals surface area contributed by atoms with E-state index in [0.717, 1.165) is 22.7 Å². The molecule has 33 heavy (non-hydrogen) atoms. The van der Waals surface area contributed by atoms with Crippen LogP contribution in [0.5, 0.6) is 0 Å². The van der Waals surface area contributed by atoms with E-state index in [-0.39, 0.29) is 17.1 Å². The first-order valence-corrected chi connectivity index (χ1v) is 10.6. The van der Waals surface area contributed by atoms with Gasteiger partial charge in [-0.25, -0.2) is 8.78 Å². The van der Waals surface area contributed by atoms with E-state index < -0.39 is 29.6 Å². The Balaban J connectivity index is 1.65. The van der Waals surface area contributed by atoms with Crippen molar-refractivity contribution >= 4 is 27.5 Å². The van der Waals surface area contributed by atoms with Gasteiger partial charge in [0, 0.05) is 21.8 Å². The molecule has 0 bridgehead atoms. The van der Waals surface area contributed by atoms with Gasteiger partial charge in [-0.1, -0.05) is 21.1 Å². The molecule has 0 aliphatic carbocycles. The van der Waals surface area contributed by atoms with Crippen LogP contribution in [0.4, 0.5) is 14.5 Å². The van der Waals surface area contributed by atoms with E-state index >= 15 is 0 Å². The summed E-state index contributed by atoms with van der Waals surface area (Å²) in [6.45, 7) is 2.97. The van der Waals surface area contributed by atoms with E-state index in [1.165, 1.54) is 4.57 Å². The summed E-state index contributed by atoms with van der Waals surface area (Å²) in [7, 11) is 0. The van der Waals surface area contributed by atoms with Gasteiger partial charge in [0.25, 0.3) is 11.4 Å². The Bertz CT molecular complexity index is 1410. The van der Waals surface area contributed by atoms with Crippen LogP contribution in [0.15, 0.2) is 62.3 Å². The number of aryl methyl sites for hydroxylation is 2. The Kier molecular flexibility index (Phi) is 6.19. The minimum absolute atomic E-state index is 0.0146. The Morgan fingerprint density at radius 3 is 2.58 bits per heavy atom. The van der Waals surface area contributed by atoms with Crippen LogP contribution in [0.25, 0.3) is 22.8 Å². The standard InChI is InChI=1S/C23H17BrF2N4O3/c1-12-9-13(2)30(11-19(31)27-18-10-16(25)7-8-17(18)26)23(32)20(12)22-28-21(29-33-22)14-3-5-15(24)6-4-14/h3-10H,11H2,1-2H3,(H,27,31). The number of aromatic nitrogens is 3. The smallest absolute Gasteiger partial charge is 0.264 e. The van der Waals surface area contributed by atoms with Gasteiger partial charge in [0.2, 0.25) is 11.7 Å². The maximum absolute atomic E-state index is 13.8. The summed E-state index contributed by atoms with van der Waals surface area (Å²) in [6.07, 6.45) is 0. The number of nitrogens with zero attached hydrogens (tertiary/aromatic N) is 3. The van der Waals surface area contributed by atoms with Crippen molar-refractivity contribution in [1.82, 2.24) is 14.7 Å². The summed E-state index contributed by atoms with van der Waals surface area (Å²) in [6, 6.07) is 11.7. The summed E-state index contributed by atoms with van der Waals surface area (Å²) in [5, 5.41) is 6.24. The van der Waals surface area contributed by atoms with E-state index in [4.69, 9.17) is 4.52 Å². The lowest BCUT2D eigenvalue weighted by Crippen LogP contribution is -2.31. The normalized spacial score (nSPS) is 10.9. The molecule has 0 atom stereocenters. The first-order valence-electron chi connectivity index (χ1n) is 9.79. The van der Waals surface area contributed by atoms with Gasteiger partial charge in [-0.05, 0) is 61.9 Å². The average molecular weight is 515 g/mol. The summed E-state index contributed by atoms with van der Waals surface area (Å²) < 4.78 is 34.7. The molecule has 2 aromatic heterocycles. The lowest BCUT2D eigenvalue weighted by molar-refractivity contribution is -0.116. The fraction of sp³-hybridized carbons (Fsp3) is 0.130. The predicted octanol–water partition coefficient (Wildman–Crippen LogP) is 4.86. The number of anilines is 1. The zero-order valence-electron chi connectivity index (χ0n) is 17.5. The highest BCUT2D eigenvalue weighted by Crippen LogP contribution is 2.24. The number of amides is 1. The number of pyridine rings is 1. The number of carbonyl (C=O) groups excluding carboxylic acids is 1. The second kappa shape index (κ2) is 9.07. The van der Waals surface area contributed by atoms with Gasteiger partial charge in [-0.2, -0.15) is 4.98 Å². The topological polar surface area (TPSA) is 90.0 Å². The van der Waals surface area contributed by atoms with Crippen molar-refractivity contribution in [3.63, 3.8) is 0 Å². The molecule has 0 saturated carbocycles. The van der Waals surface area contributed by atoms with Crippen LogP contribution >= 0.6 is 15.9 Å². The molecule has 1 amide bonds. The van der Waals surface area contributed by atoms with E-state index in [9.17, 15) is 18.4 Å². The molecule has 10 heteroatoms. The Morgan fingerprint density at radius 2 is 1.85 bits per heavy atom. The zero-order valence-corrected chi connectivity index (χ0v) is 19.1. The molecule has 7 nitrogen and oxygen atoms in total. The second-order valence-corrected chi connectivity index (χ2v) is 8.25. The maximum atomic E-state index is 13.8. The van der Waals surface area contributed by atoms with Crippen LogP contribution in [0.1, 0.15) is 11.3 Å². The third-order valence-corrected chi connectivity index (χ3v) is 5.48. The van der Waals surface area contributed by atoms with Gasteiger partial charge in [0.15, 0.2) is 0 Å². The summed E-state index contributed by atoms with van der Waals surface area (Å²) in [4.78, 5) is 30.1. The molecule has 0 radical (unpaired) electrons. The molecule has 0 spiro atoms. The quantitative estimate of drug-likeness (QED) is 0.410. The van der Waals surface area contributed by atoms with Crippen molar-refractivity contribution in [2.45, 2.75) is 20.4 Å². The highest BCUT2D eigenvalue weighted by Gasteiger charge is 2.20. The Morgan fingerprint density at radius 1 is 1.12 bits per heavy atom. The van der Waals surface area contributed by atoms with E-state index in [1.807, 2.05) is 12.1 Å². The molecule has 1 N–H and O–H groups in total. The monoisotopic (exact) mass is 514 g/mol. The van der Waals surface area contributed by atoms with Crippen LogP contribution < -0.4 is 10.9 Å². The fourth-order valence-electron chi connectivity index (χ4n) is 3.35. The lowest BCUT2D eigenvalue weighted by atomic mass is 10.1. The second-order valence-electron chi connectivity index (χ2n) is 7.34. The SMILES string of the molecule is Cc1cc(C)n(CC(=O)Nc2cc(F)ccc2F)c(=O)c1-c1nc(-c2ccc(Br)cc2)no1. The number of carbonyl (C=O) groups is 1. The van der Waals surface area contributed by atoms with Crippen LogP contribution in [-0.2, 0) is 11.3 Å². The number of rotatable bonds is 5. The summed E-state index contributed by atoms with van der Waals surface area (Å²) in [5.41, 5.74) is 1.12. The molecule has 0 aliphatic rings. The molecule has 4 aromatic rings. The average Bonchev–Trinajstić information content (AvgIpc) is 3.24. The number of halogens is 3. The van der Waals surface area contributed by atoms with Gasteiger partial charge in [-0.15, -0.1) is 0 Å². The first-order chi connectivity index (χ1) is 15.7. The van der Waals surface area contributed by atoms with E-state index in [2.05, 4.69) is 31.4 Å². The van der Waals surface area contributed by atoms with Crippen molar-refractivity contribution < 1.29 is 18.1 Å². The maximum Gasteiger partial charge on any atom is 0.264 e. The largest absolute Gasteiger partial charge is 0.333 e. The zero-order chi connectivity index (χ0) is 23.7. The molecule has 0 aliphatic heterocycles. The highest BCUT2D eigenvalue weighted by molar-refractivity contribution is 9.10. The van der Waals surface area contributed by atoms with Crippen molar-refractivity contribution in [1.29, 1.82) is 0 Å². The van der Waals surface area contributed by atoms with Crippen molar-refractivity contribution in [2.24, 2.45) is 0 Å². The van der Waals surface area contributed by atoms with Gasteiger partial charge in [-0.3, -0.25) is 9.59 Å². The third kappa shape index (κ3) is 4.75. The molecule has 4 rings (SSSR count). The highest BCUT2D eigenvalue weighted by atomic mass is 79.9. The Labute approximate surface area is 195 Å². The fourth-order valence-corrected chi connectivity index (χ4v) is 3.62. The number of benzene rings is 2. The molecule has 2 aromatic carbocycles. The van der Waals surface area contributed by atoms with Crippen LogP contribution in [-0.4, -0.2) is 20.6 Å². The lowest BCUT2D eigenvalue weighted by Gasteiger charge is -2.13. The minimum Gasteiger partial charge on any atom is -0.333 e. The molecule has 168 valence electrons. The van der Waals surface area contributed by atoms with Gasteiger partial charge in [0.05, 0.1) is 5.69 Å². The molecular formula is C23H17BrF2N4O3. The van der Waals surface area contributed by atoms with Crippen molar-refractivity contribution in [3.05, 3.63) is 86.2 Å². The number of hydrogen-bond acceptors (Lipinski definition) is 5. The molecule has 0 unspecified atom stereocenters.